The molecule has 7 heteroatoms. The molecule has 1 amide bonds. The Morgan fingerprint density at radius 3 is 2.64 bits per heavy atom. The maximum absolute atomic E-state index is 12.7. The number of amides is 1. The van der Waals surface area contributed by atoms with E-state index in [0.717, 1.165) is 11.8 Å². The lowest BCUT2D eigenvalue weighted by molar-refractivity contribution is -0.107. The highest BCUT2D eigenvalue weighted by molar-refractivity contribution is 7.89. The predicted molar refractivity (Wildman–Crippen MR) is 79.8 cm³/mol. The normalized spacial score (nSPS) is 18.1. The number of aryl methyl sites for hydroxylation is 1. The Labute approximate surface area is 129 Å². The van der Waals surface area contributed by atoms with Gasteiger partial charge in [-0.25, -0.2) is 13.2 Å². The average Bonchev–Trinajstić information content (AvgIpc) is 2.88. The van der Waals surface area contributed by atoms with Crippen molar-refractivity contribution in [3.8, 4) is 0 Å². The van der Waals surface area contributed by atoms with Gasteiger partial charge in [0.15, 0.2) is 0 Å². The van der Waals surface area contributed by atoms with Crippen LogP contribution in [0.15, 0.2) is 41.3 Å². The van der Waals surface area contributed by atoms with Crippen molar-refractivity contribution < 1.29 is 22.7 Å². The molecule has 1 saturated heterocycles. The number of benzene rings is 1. The third-order valence-electron chi connectivity index (χ3n) is 3.46. The van der Waals surface area contributed by atoms with Gasteiger partial charge in [0.25, 0.3) is 10.0 Å². The monoisotopic (exact) mass is 323 g/mol. The van der Waals surface area contributed by atoms with Gasteiger partial charge in [0.1, 0.15) is 18.9 Å². The minimum absolute atomic E-state index is 0.0186. The van der Waals surface area contributed by atoms with Gasteiger partial charge in [-0.15, -0.1) is 0 Å². The van der Waals surface area contributed by atoms with Crippen molar-refractivity contribution >= 4 is 22.4 Å². The van der Waals surface area contributed by atoms with Gasteiger partial charge in [-0.2, -0.15) is 4.31 Å². The highest BCUT2D eigenvalue weighted by Crippen LogP contribution is 2.28. The Hall–Kier alpha value is -2.15. The van der Waals surface area contributed by atoms with E-state index in [-0.39, 0.29) is 17.9 Å². The second kappa shape index (κ2) is 6.31. The van der Waals surface area contributed by atoms with Crippen LogP contribution in [0.1, 0.15) is 18.4 Å². The maximum Gasteiger partial charge on any atom is 0.424 e. The molecule has 1 aromatic carbocycles. The molecule has 1 unspecified atom stereocenters. The molecule has 1 atom stereocenters. The van der Waals surface area contributed by atoms with Crippen molar-refractivity contribution in [2.24, 2.45) is 0 Å². The van der Waals surface area contributed by atoms with E-state index >= 15 is 0 Å². The lowest BCUT2D eigenvalue weighted by Crippen LogP contribution is -2.39. The number of hydrogen-bond acceptors (Lipinski definition) is 5. The van der Waals surface area contributed by atoms with E-state index in [1.54, 1.807) is 12.1 Å². The van der Waals surface area contributed by atoms with Crippen molar-refractivity contribution in [2.45, 2.75) is 30.7 Å². The van der Waals surface area contributed by atoms with Gasteiger partial charge in [-0.1, -0.05) is 24.3 Å². The molecule has 0 aliphatic carbocycles. The van der Waals surface area contributed by atoms with E-state index in [1.807, 2.05) is 6.92 Å². The second-order valence-corrected chi connectivity index (χ2v) is 6.89. The Balaban J connectivity index is 2.34. The minimum Gasteiger partial charge on any atom is -0.446 e. The molecule has 0 aromatic heterocycles. The summed E-state index contributed by atoms with van der Waals surface area (Å²) in [5.74, 6) is 0. The van der Waals surface area contributed by atoms with E-state index in [1.165, 1.54) is 12.1 Å². The van der Waals surface area contributed by atoms with Crippen LogP contribution in [0.5, 0.6) is 0 Å². The lowest BCUT2D eigenvalue weighted by atomic mass is 10.1. The Morgan fingerprint density at radius 1 is 1.41 bits per heavy atom. The highest BCUT2D eigenvalue weighted by atomic mass is 32.2. The molecule has 2 rings (SSSR count). The summed E-state index contributed by atoms with van der Waals surface area (Å²) in [5, 5.41) is 0. The molecule has 0 spiro atoms. The summed E-state index contributed by atoms with van der Waals surface area (Å²) in [6.07, 6.45) is 0.340. The minimum atomic E-state index is -4.01. The largest absolute Gasteiger partial charge is 0.446 e. The average molecular weight is 323 g/mol. The molecular weight excluding hydrogens is 306 g/mol. The maximum atomic E-state index is 12.7. The van der Waals surface area contributed by atoms with Gasteiger partial charge in [0.2, 0.25) is 0 Å². The number of nitrogens with zero attached hydrogens (tertiary/aromatic N) is 1. The first-order chi connectivity index (χ1) is 10.4. The van der Waals surface area contributed by atoms with Crippen molar-refractivity contribution in [3.63, 3.8) is 0 Å². The summed E-state index contributed by atoms with van der Waals surface area (Å²) in [7, 11) is -4.01. The Bertz CT molecular complexity index is 693. The Morgan fingerprint density at radius 2 is 2.05 bits per heavy atom. The van der Waals surface area contributed by atoms with Crippen LogP contribution in [0.2, 0.25) is 0 Å². The molecule has 0 saturated carbocycles. The molecular formula is C15H17NO5S. The molecule has 118 valence electrons. The molecule has 0 N–H and O–H groups in total. The molecule has 0 bridgehead atoms. The number of ether oxygens (including phenoxy) is 1. The van der Waals surface area contributed by atoms with Crippen molar-refractivity contribution in [1.29, 1.82) is 0 Å². The first-order valence-electron chi connectivity index (χ1n) is 6.77. The second-order valence-electron chi connectivity index (χ2n) is 5.07. The smallest absolute Gasteiger partial charge is 0.424 e. The van der Waals surface area contributed by atoms with Crippen molar-refractivity contribution in [1.82, 2.24) is 4.31 Å². The van der Waals surface area contributed by atoms with Crippen molar-refractivity contribution in [2.75, 3.05) is 6.61 Å². The molecule has 1 heterocycles. The Kier molecular flexibility index (Phi) is 4.65. The molecule has 6 nitrogen and oxygen atoms in total. The summed E-state index contributed by atoms with van der Waals surface area (Å²) in [4.78, 5) is 22.3. The zero-order valence-corrected chi connectivity index (χ0v) is 13.0. The van der Waals surface area contributed by atoms with Gasteiger partial charge < -0.3 is 9.53 Å². The number of hydrogen-bond donors (Lipinski definition) is 0. The first-order valence-corrected chi connectivity index (χ1v) is 8.21. The molecule has 1 fully saturated rings. The van der Waals surface area contributed by atoms with Gasteiger partial charge in [0.05, 0.1) is 4.90 Å². The third-order valence-corrected chi connectivity index (χ3v) is 5.25. The topological polar surface area (TPSA) is 80.8 Å². The number of rotatable bonds is 6. The summed E-state index contributed by atoms with van der Waals surface area (Å²) in [6, 6.07) is 5.43. The van der Waals surface area contributed by atoms with Gasteiger partial charge >= 0.3 is 6.09 Å². The fourth-order valence-corrected chi connectivity index (χ4v) is 3.69. The van der Waals surface area contributed by atoms with Gasteiger partial charge in [0, 0.05) is 6.42 Å². The molecule has 1 aromatic rings. The van der Waals surface area contributed by atoms with Gasteiger partial charge in [-0.05, 0) is 31.1 Å². The van der Waals surface area contributed by atoms with Crippen LogP contribution in [0.25, 0.3) is 0 Å². The number of carbonyl (C=O) groups is 2. The standard InChI is InChI=1S/C15H17NO5S/c1-11-5-7-13(8-6-11)22(19,20)16-14(10-21-15(16)18)12(2)4-3-9-17/h5-9,14H,2-4,10H2,1H3. The predicted octanol–water partition coefficient (Wildman–Crippen LogP) is 2.04. The van der Waals surface area contributed by atoms with E-state index in [4.69, 9.17) is 4.74 Å². The molecule has 1 aliphatic rings. The highest BCUT2D eigenvalue weighted by Gasteiger charge is 2.43. The summed E-state index contributed by atoms with van der Waals surface area (Å²) < 4.78 is 30.9. The first kappa shape index (κ1) is 16.2. The summed E-state index contributed by atoms with van der Waals surface area (Å²) in [6.45, 7) is 5.54. The third kappa shape index (κ3) is 3.04. The van der Waals surface area contributed by atoms with Crippen LogP contribution >= 0.6 is 0 Å². The lowest BCUT2D eigenvalue weighted by Gasteiger charge is -2.22. The van der Waals surface area contributed by atoms with E-state index in [2.05, 4.69) is 6.58 Å². The van der Waals surface area contributed by atoms with E-state index < -0.39 is 22.2 Å². The van der Waals surface area contributed by atoms with Crippen molar-refractivity contribution in [3.05, 3.63) is 42.0 Å². The van der Waals surface area contributed by atoms with Crippen LogP contribution in [0.3, 0.4) is 0 Å². The zero-order valence-electron chi connectivity index (χ0n) is 12.2. The zero-order chi connectivity index (χ0) is 16.3. The molecule has 1 aliphatic heterocycles. The summed E-state index contributed by atoms with van der Waals surface area (Å²) in [5.41, 5.74) is 1.39. The molecule has 0 radical (unpaired) electrons. The van der Waals surface area contributed by atoms with Crippen LogP contribution in [0, 0.1) is 6.92 Å². The number of cyclic esters (lactones) is 1. The fraction of sp³-hybridized carbons (Fsp3) is 0.333. The molecule has 22 heavy (non-hydrogen) atoms. The van der Waals surface area contributed by atoms with Crippen LogP contribution in [0.4, 0.5) is 4.79 Å². The number of carbonyl (C=O) groups excluding carboxylic acids is 2. The quantitative estimate of drug-likeness (QED) is 0.591. The van der Waals surface area contributed by atoms with E-state index in [9.17, 15) is 18.0 Å². The SMILES string of the molecule is C=C(CCC=O)C1COC(=O)N1S(=O)(=O)c1ccc(C)cc1. The van der Waals surface area contributed by atoms with E-state index in [0.29, 0.717) is 16.3 Å². The van der Waals surface area contributed by atoms with Gasteiger partial charge in [-0.3, -0.25) is 0 Å². The number of sulfonamides is 1. The fourth-order valence-electron chi connectivity index (χ4n) is 2.19. The van der Waals surface area contributed by atoms with Crippen LogP contribution in [-0.2, 0) is 19.6 Å². The van der Waals surface area contributed by atoms with Crippen LogP contribution < -0.4 is 0 Å². The van der Waals surface area contributed by atoms with Crippen LogP contribution in [-0.4, -0.2) is 37.8 Å². The number of aldehydes is 1. The summed E-state index contributed by atoms with van der Waals surface area (Å²) >= 11 is 0.